The van der Waals surface area contributed by atoms with E-state index in [4.69, 9.17) is 0 Å². The molecule has 0 aliphatic carbocycles. The molecule has 0 atom stereocenters. The average molecular weight is 343 g/mol. The fraction of sp³-hybridized carbons (Fsp3) is 0.176. The van der Waals surface area contributed by atoms with Crippen LogP contribution >= 0.6 is 0 Å². The van der Waals surface area contributed by atoms with E-state index in [-0.39, 0.29) is 0 Å². The van der Waals surface area contributed by atoms with Crippen LogP contribution in [0.25, 0.3) is 9.67 Å². The van der Waals surface area contributed by atoms with Crippen LogP contribution in [-0.2, 0) is 0 Å². The second kappa shape index (κ2) is 5.75. The van der Waals surface area contributed by atoms with Crippen LogP contribution in [-0.4, -0.2) is 18.4 Å². The molecule has 0 aliphatic rings. The van der Waals surface area contributed by atoms with Crippen molar-refractivity contribution in [3.05, 3.63) is 71.8 Å². The van der Waals surface area contributed by atoms with Gasteiger partial charge in [0.2, 0.25) is 0 Å². The zero-order chi connectivity index (χ0) is 13.0. The standard InChI is InChI=1S/C14H11.3CH3.Sn/c1-3-7-13(8-4-1)11-12-14-9-5-2-6-10-14;;;;/h1-11H;3*1H3;. The normalized spacial score (nSPS) is 12.5. The Bertz CT molecular complexity index is 519. The summed E-state index contributed by atoms with van der Waals surface area (Å²) in [7, 11) is 0. The van der Waals surface area contributed by atoms with Gasteiger partial charge in [0.05, 0.1) is 0 Å². The van der Waals surface area contributed by atoms with E-state index in [2.05, 4.69) is 81.6 Å². The van der Waals surface area contributed by atoms with Crippen LogP contribution < -0.4 is 0 Å². The second-order valence-electron chi connectivity index (χ2n) is 5.58. The molecule has 0 bridgehead atoms. The number of benzene rings is 2. The molecule has 1 heteroatoms. The Labute approximate surface area is 114 Å². The Morgan fingerprint density at radius 3 is 1.78 bits per heavy atom. The molecule has 0 aromatic heterocycles. The fourth-order valence-electron chi connectivity index (χ4n) is 2.07. The van der Waals surface area contributed by atoms with Crippen molar-refractivity contribution >= 4 is 28.0 Å². The molecule has 2 aromatic rings. The van der Waals surface area contributed by atoms with Crippen molar-refractivity contribution in [2.75, 3.05) is 0 Å². The summed E-state index contributed by atoms with van der Waals surface area (Å²) < 4.78 is 1.58. The molecule has 0 radical (unpaired) electrons. The van der Waals surface area contributed by atoms with E-state index in [1.54, 1.807) is 3.59 Å². The summed E-state index contributed by atoms with van der Waals surface area (Å²) >= 11 is -2.11. The van der Waals surface area contributed by atoms with Crippen LogP contribution in [0, 0.1) is 0 Å². The van der Waals surface area contributed by atoms with Gasteiger partial charge in [-0.25, -0.2) is 0 Å². The quantitative estimate of drug-likeness (QED) is 0.537. The summed E-state index contributed by atoms with van der Waals surface area (Å²) in [5.41, 5.74) is 2.70. The molecule has 0 heterocycles. The number of hydrogen-bond acceptors (Lipinski definition) is 0. The van der Waals surface area contributed by atoms with Gasteiger partial charge in [-0.3, -0.25) is 0 Å². The van der Waals surface area contributed by atoms with E-state index in [1.165, 1.54) is 11.1 Å². The Hall–Kier alpha value is -1.02. The van der Waals surface area contributed by atoms with Crippen LogP contribution in [0.1, 0.15) is 11.1 Å². The maximum absolute atomic E-state index is 2.47. The van der Waals surface area contributed by atoms with Crippen molar-refractivity contribution < 1.29 is 0 Å². The molecule has 0 aliphatic heterocycles. The van der Waals surface area contributed by atoms with Crippen LogP contribution in [0.3, 0.4) is 0 Å². The van der Waals surface area contributed by atoms with Gasteiger partial charge < -0.3 is 0 Å². The maximum atomic E-state index is 2.47. The molecule has 0 N–H and O–H groups in total. The van der Waals surface area contributed by atoms with E-state index in [0.29, 0.717) is 0 Å². The first-order valence-corrected chi connectivity index (χ1v) is 16.4. The van der Waals surface area contributed by atoms with Crippen LogP contribution in [0.4, 0.5) is 0 Å². The van der Waals surface area contributed by atoms with Gasteiger partial charge in [0.1, 0.15) is 0 Å². The molecule has 0 saturated carbocycles. The Balaban J connectivity index is 2.48. The zero-order valence-corrected chi connectivity index (χ0v) is 14.2. The zero-order valence-electron chi connectivity index (χ0n) is 11.4. The van der Waals surface area contributed by atoms with Gasteiger partial charge in [0, 0.05) is 0 Å². The third-order valence-corrected chi connectivity index (χ3v) is 8.85. The minimum atomic E-state index is -2.11. The second-order valence-corrected chi connectivity index (χ2v) is 20.0. The van der Waals surface area contributed by atoms with E-state index >= 15 is 0 Å². The van der Waals surface area contributed by atoms with Gasteiger partial charge in [-0.1, -0.05) is 0 Å². The summed E-state index contributed by atoms with van der Waals surface area (Å²) in [5.74, 6) is 0. The van der Waals surface area contributed by atoms with Gasteiger partial charge in [0.25, 0.3) is 0 Å². The molecular formula is C17H20Sn. The fourth-order valence-corrected chi connectivity index (χ4v) is 6.73. The Morgan fingerprint density at radius 1 is 0.778 bits per heavy atom. The first-order valence-electron chi connectivity index (χ1n) is 6.40. The number of rotatable bonds is 3. The van der Waals surface area contributed by atoms with Crippen molar-refractivity contribution in [3.63, 3.8) is 0 Å². The van der Waals surface area contributed by atoms with Gasteiger partial charge in [0.15, 0.2) is 0 Å². The van der Waals surface area contributed by atoms with E-state index in [9.17, 15) is 0 Å². The molecule has 18 heavy (non-hydrogen) atoms. The van der Waals surface area contributed by atoms with Crippen LogP contribution in [0.5, 0.6) is 0 Å². The van der Waals surface area contributed by atoms with Crippen LogP contribution in [0.15, 0.2) is 60.7 Å². The predicted molar refractivity (Wildman–Crippen MR) is 84.1 cm³/mol. The molecule has 2 aromatic carbocycles. The third kappa shape index (κ3) is 3.49. The molecule has 0 unspecified atom stereocenters. The molecular weight excluding hydrogens is 323 g/mol. The van der Waals surface area contributed by atoms with Crippen LogP contribution in [0.2, 0.25) is 14.8 Å². The molecule has 0 fully saturated rings. The topological polar surface area (TPSA) is 0 Å². The molecule has 2 rings (SSSR count). The van der Waals surface area contributed by atoms with Gasteiger partial charge in [-0.05, 0) is 0 Å². The summed E-state index contributed by atoms with van der Waals surface area (Å²) in [6.07, 6.45) is 2.38. The average Bonchev–Trinajstić information content (AvgIpc) is 2.37. The van der Waals surface area contributed by atoms with Crippen molar-refractivity contribution in [2.45, 2.75) is 14.8 Å². The van der Waals surface area contributed by atoms with Gasteiger partial charge in [-0.15, -0.1) is 0 Å². The van der Waals surface area contributed by atoms with E-state index in [1.807, 2.05) is 0 Å². The van der Waals surface area contributed by atoms with Gasteiger partial charge in [-0.2, -0.15) is 0 Å². The molecule has 0 saturated heterocycles. The van der Waals surface area contributed by atoms with Crippen molar-refractivity contribution in [1.82, 2.24) is 0 Å². The molecule has 0 amide bonds. The molecule has 0 spiro atoms. The summed E-state index contributed by atoms with van der Waals surface area (Å²) in [6.45, 7) is 0. The van der Waals surface area contributed by atoms with Crippen molar-refractivity contribution in [1.29, 1.82) is 0 Å². The Kier molecular flexibility index (Phi) is 4.28. The number of hydrogen-bond donors (Lipinski definition) is 0. The first-order chi connectivity index (χ1) is 8.57. The van der Waals surface area contributed by atoms with Crippen molar-refractivity contribution in [2.24, 2.45) is 0 Å². The Morgan fingerprint density at radius 2 is 1.28 bits per heavy atom. The van der Waals surface area contributed by atoms with Crippen molar-refractivity contribution in [3.8, 4) is 0 Å². The molecule has 92 valence electrons. The van der Waals surface area contributed by atoms with E-state index < -0.39 is 18.4 Å². The summed E-state index contributed by atoms with van der Waals surface area (Å²) in [5, 5.41) is 0. The summed E-state index contributed by atoms with van der Waals surface area (Å²) in [6, 6.07) is 21.5. The third-order valence-electron chi connectivity index (χ3n) is 3.00. The monoisotopic (exact) mass is 344 g/mol. The van der Waals surface area contributed by atoms with Gasteiger partial charge >= 0.3 is 115 Å². The van der Waals surface area contributed by atoms with E-state index in [0.717, 1.165) is 0 Å². The SMILES string of the molecule is [CH3][Sn]([CH3])([CH3])/[C](=C/c1ccccc1)c1ccccc1. The first kappa shape index (κ1) is 13.4. The summed E-state index contributed by atoms with van der Waals surface area (Å²) in [4.78, 5) is 7.41. The molecule has 0 nitrogen and oxygen atoms in total. The predicted octanol–water partition coefficient (Wildman–Crippen LogP) is 5.10. The minimum absolute atomic E-state index is 1.31.